The van der Waals surface area contributed by atoms with Gasteiger partial charge in [0.1, 0.15) is 0 Å². The maximum atomic E-state index is 11.1. The van der Waals surface area contributed by atoms with Crippen LogP contribution in [0.25, 0.3) is 0 Å². The van der Waals surface area contributed by atoms with E-state index in [0.717, 1.165) is 44.4 Å². The van der Waals surface area contributed by atoms with Gasteiger partial charge < -0.3 is 15.5 Å². The molecule has 9 heteroatoms. The zero-order valence-corrected chi connectivity index (χ0v) is 20.0. The highest BCUT2D eigenvalue weighted by Gasteiger charge is 2.23. The average molecular weight is 516 g/mol. The predicted octanol–water partition coefficient (Wildman–Crippen LogP) is 1.75. The molecule has 1 saturated carbocycles. The van der Waals surface area contributed by atoms with Crippen LogP contribution >= 0.6 is 24.0 Å². The van der Waals surface area contributed by atoms with E-state index < -0.39 is 10.0 Å². The van der Waals surface area contributed by atoms with E-state index in [1.165, 1.54) is 44.9 Å². The molecule has 0 amide bonds. The summed E-state index contributed by atoms with van der Waals surface area (Å²) in [6.07, 6.45) is 10.5. The van der Waals surface area contributed by atoms with Crippen LogP contribution in [0.2, 0.25) is 0 Å². The summed E-state index contributed by atoms with van der Waals surface area (Å²) in [4.78, 5) is 7.11. The van der Waals surface area contributed by atoms with Crippen LogP contribution in [0, 0.1) is 5.92 Å². The lowest BCUT2D eigenvalue weighted by Gasteiger charge is -2.36. The highest BCUT2D eigenvalue weighted by atomic mass is 127. The predicted molar refractivity (Wildman–Crippen MR) is 123 cm³/mol. The van der Waals surface area contributed by atoms with Crippen LogP contribution in [0.5, 0.6) is 0 Å². The van der Waals surface area contributed by atoms with E-state index in [1.54, 1.807) is 0 Å². The Morgan fingerprint density at radius 3 is 2.37 bits per heavy atom. The zero-order chi connectivity index (χ0) is 18.8. The van der Waals surface area contributed by atoms with Crippen LogP contribution in [0.3, 0.4) is 0 Å². The highest BCUT2D eigenvalue weighted by Crippen LogP contribution is 2.25. The first kappa shape index (κ1) is 24.9. The molecule has 0 aromatic rings. The summed E-state index contributed by atoms with van der Waals surface area (Å²) >= 11 is 0. The van der Waals surface area contributed by atoms with Gasteiger partial charge in [-0.05, 0) is 38.5 Å². The molecule has 2 aliphatic rings. The van der Waals surface area contributed by atoms with E-state index in [-0.39, 0.29) is 24.0 Å². The molecule has 2 rings (SSSR count). The summed E-state index contributed by atoms with van der Waals surface area (Å²) in [6.45, 7) is 7.19. The van der Waals surface area contributed by atoms with Gasteiger partial charge in [0.25, 0.3) is 0 Å². The number of sulfonamides is 1. The van der Waals surface area contributed by atoms with Gasteiger partial charge in [-0.15, -0.1) is 24.0 Å². The minimum absolute atomic E-state index is 0. The molecule has 3 N–H and O–H groups in total. The van der Waals surface area contributed by atoms with Crippen molar-refractivity contribution >= 4 is 40.0 Å². The molecular weight excluding hydrogens is 477 g/mol. The van der Waals surface area contributed by atoms with Crippen LogP contribution in [0.1, 0.15) is 51.9 Å². The first-order valence-corrected chi connectivity index (χ1v) is 12.1. The Labute approximate surface area is 182 Å². The Balaban J connectivity index is 0.00000364. The van der Waals surface area contributed by atoms with Gasteiger partial charge in [0, 0.05) is 38.8 Å². The third-order valence-electron chi connectivity index (χ3n) is 5.26. The Kier molecular flexibility index (Phi) is 12.1. The van der Waals surface area contributed by atoms with Crippen molar-refractivity contribution in [1.82, 2.24) is 20.3 Å². The smallest absolute Gasteiger partial charge is 0.208 e. The molecule has 0 unspecified atom stereocenters. The molecule has 27 heavy (non-hydrogen) atoms. The van der Waals surface area contributed by atoms with Gasteiger partial charge in [0.2, 0.25) is 10.0 Å². The van der Waals surface area contributed by atoms with Crippen molar-refractivity contribution in [3.8, 4) is 0 Å². The minimum Gasteiger partial charge on any atom is -0.357 e. The average Bonchev–Trinajstić information content (AvgIpc) is 2.60. The van der Waals surface area contributed by atoms with Gasteiger partial charge in [0.05, 0.1) is 12.8 Å². The summed E-state index contributed by atoms with van der Waals surface area (Å²) in [6, 6.07) is 0.443. The van der Waals surface area contributed by atoms with Gasteiger partial charge in [-0.3, -0.25) is 4.99 Å². The standard InChI is InChI=1S/C18H37N5O2S.HI/c1-3-19-18(20-11-12-21-26(2,24)25)22-17-9-13-23(14-10-17)15-16-7-5-4-6-8-16;/h16-17,21H,3-15H2,1-2H3,(H2,19,20,22);1H. The second-order valence-corrected chi connectivity index (χ2v) is 9.48. The van der Waals surface area contributed by atoms with E-state index in [0.29, 0.717) is 19.1 Å². The van der Waals surface area contributed by atoms with E-state index in [1.807, 2.05) is 6.92 Å². The number of aliphatic imine (C=N–C) groups is 1. The molecule has 0 aromatic carbocycles. The van der Waals surface area contributed by atoms with Crippen LogP contribution in [-0.2, 0) is 10.0 Å². The topological polar surface area (TPSA) is 85.8 Å². The van der Waals surface area contributed by atoms with Crippen molar-refractivity contribution in [2.24, 2.45) is 10.9 Å². The SMILES string of the molecule is CCNC(=NCCNS(C)(=O)=O)NC1CCN(CC2CCCCC2)CC1.I. The number of nitrogens with zero attached hydrogens (tertiary/aromatic N) is 2. The van der Waals surface area contributed by atoms with E-state index in [9.17, 15) is 8.42 Å². The fraction of sp³-hybridized carbons (Fsp3) is 0.944. The number of rotatable bonds is 8. The largest absolute Gasteiger partial charge is 0.357 e. The van der Waals surface area contributed by atoms with Crippen LogP contribution in [0.15, 0.2) is 4.99 Å². The number of piperidine rings is 1. The number of nitrogens with one attached hydrogen (secondary N) is 3. The molecule has 0 spiro atoms. The Hall–Kier alpha value is -0.130. The molecule has 1 aliphatic heterocycles. The summed E-state index contributed by atoms with van der Waals surface area (Å²) in [5, 5.41) is 6.77. The molecule has 1 heterocycles. The first-order chi connectivity index (χ1) is 12.5. The fourth-order valence-corrected chi connectivity index (χ4v) is 4.37. The lowest BCUT2D eigenvalue weighted by atomic mass is 9.88. The maximum absolute atomic E-state index is 11.1. The third-order valence-corrected chi connectivity index (χ3v) is 5.99. The third kappa shape index (κ3) is 10.8. The van der Waals surface area contributed by atoms with Crippen LogP contribution < -0.4 is 15.4 Å². The number of halogens is 1. The number of likely N-dealkylation sites (tertiary alicyclic amines) is 1. The van der Waals surface area contributed by atoms with E-state index in [4.69, 9.17) is 0 Å². The number of hydrogen-bond acceptors (Lipinski definition) is 4. The van der Waals surface area contributed by atoms with Crippen molar-refractivity contribution < 1.29 is 8.42 Å². The molecule has 0 atom stereocenters. The monoisotopic (exact) mass is 515 g/mol. The van der Waals surface area contributed by atoms with Crippen molar-refractivity contribution in [2.75, 3.05) is 45.5 Å². The Bertz CT molecular complexity index is 530. The van der Waals surface area contributed by atoms with Crippen molar-refractivity contribution in [3.05, 3.63) is 0 Å². The normalized spacial score (nSPS) is 20.9. The van der Waals surface area contributed by atoms with Crippen molar-refractivity contribution in [2.45, 2.75) is 57.9 Å². The van der Waals surface area contributed by atoms with E-state index >= 15 is 0 Å². The molecular formula is C18H38IN5O2S. The molecule has 1 saturated heterocycles. The maximum Gasteiger partial charge on any atom is 0.208 e. The lowest BCUT2D eigenvalue weighted by molar-refractivity contribution is 0.160. The van der Waals surface area contributed by atoms with Gasteiger partial charge >= 0.3 is 0 Å². The van der Waals surface area contributed by atoms with Gasteiger partial charge in [-0.2, -0.15) is 0 Å². The Morgan fingerprint density at radius 2 is 1.78 bits per heavy atom. The summed E-state index contributed by atoms with van der Waals surface area (Å²) in [7, 11) is -3.15. The quantitative estimate of drug-likeness (QED) is 0.199. The molecule has 1 aliphatic carbocycles. The Morgan fingerprint density at radius 1 is 1.11 bits per heavy atom. The van der Waals surface area contributed by atoms with E-state index in [2.05, 4.69) is 25.2 Å². The second-order valence-electron chi connectivity index (χ2n) is 7.65. The van der Waals surface area contributed by atoms with Crippen molar-refractivity contribution in [1.29, 1.82) is 0 Å². The van der Waals surface area contributed by atoms with Gasteiger partial charge in [0.15, 0.2) is 5.96 Å². The summed E-state index contributed by atoms with van der Waals surface area (Å²) < 4.78 is 24.7. The summed E-state index contributed by atoms with van der Waals surface area (Å²) in [5.41, 5.74) is 0. The molecule has 160 valence electrons. The first-order valence-electron chi connectivity index (χ1n) is 10.2. The molecule has 0 radical (unpaired) electrons. The van der Waals surface area contributed by atoms with Crippen molar-refractivity contribution in [3.63, 3.8) is 0 Å². The summed E-state index contributed by atoms with van der Waals surface area (Å²) in [5.74, 6) is 1.70. The zero-order valence-electron chi connectivity index (χ0n) is 16.9. The van der Waals surface area contributed by atoms with Crippen LogP contribution in [0.4, 0.5) is 0 Å². The van der Waals surface area contributed by atoms with Gasteiger partial charge in [-0.25, -0.2) is 13.1 Å². The van der Waals surface area contributed by atoms with Crippen LogP contribution in [-0.4, -0.2) is 70.8 Å². The second kappa shape index (κ2) is 13.2. The molecule has 7 nitrogen and oxygen atoms in total. The molecule has 0 bridgehead atoms. The molecule has 2 fully saturated rings. The number of guanidine groups is 1. The fourth-order valence-electron chi connectivity index (χ4n) is 3.91. The van der Waals surface area contributed by atoms with Gasteiger partial charge in [-0.1, -0.05) is 19.3 Å². The minimum atomic E-state index is -3.15. The number of hydrogen-bond donors (Lipinski definition) is 3. The molecule has 0 aromatic heterocycles. The highest BCUT2D eigenvalue weighted by molar-refractivity contribution is 14.0. The lowest BCUT2D eigenvalue weighted by Crippen LogP contribution is -2.49.